The average Bonchev–Trinajstić information content (AvgIpc) is 2.97. The lowest BCUT2D eigenvalue weighted by Crippen LogP contribution is -2.29. The molecule has 0 bridgehead atoms. The van der Waals surface area contributed by atoms with Crippen molar-refractivity contribution in [3.8, 4) is 11.6 Å². The number of anilines is 1. The van der Waals surface area contributed by atoms with Gasteiger partial charge in [0.25, 0.3) is 17.4 Å². The smallest absolute Gasteiger partial charge is 0.270 e. The summed E-state index contributed by atoms with van der Waals surface area (Å²) in [6, 6.07) is 11.0. The van der Waals surface area contributed by atoms with Crippen LogP contribution in [0.25, 0.3) is 0 Å². The monoisotopic (exact) mass is 457 g/mol. The van der Waals surface area contributed by atoms with Gasteiger partial charge in [-0.15, -0.1) is 5.10 Å². The molecule has 0 saturated heterocycles. The highest BCUT2D eigenvalue weighted by Gasteiger charge is 2.37. The van der Waals surface area contributed by atoms with Crippen LogP contribution in [0, 0.1) is 0 Å². The molecule has 3 aromatic rings. The molecule has 31 heavy (non-hydrogen) atoms. The normalized spacial score (nSPS) is 13.2. The van der Waals surface area contributed by atoms with E-state index in [-0.39, 0.29) is 38.8 Å². The molecule has 0 unspecified atom stereocenters. The number of nitrogens with zero attached hydrogens (tertiary/aromatic N) is 3. The third-order valence-corrected chi connectivity index (χ3v) is 5.49. The summed E-state index contributed by atoms with van der Waals surface area (Å²) in [5.74, 6) is -0.704. The topological polar surface area (TPSA) is 81.5 Å². The first-order valence-electron chi connectivity index (χ1n) is 9.42. The number of amides is 2. The Morgan fingerprint density at radius 3 is 2.00 bits per heavy atom. The summed E-state index contributed by atoms with van der Waals surface area (Å²) < 4.78 is 6.96. The SMILES string of the molecule is CC(C)c1cc(Oc2c(Cl)cc(N3C(=O)c4ccccc4C3=O)cc2Cl)nn(C)c1=O. The Morgan fingerprint density at radius 1 is 0.935 bits per heavy atom. The van der Waals surface area contributed by atoms with Crippen molar-refractivity contribution in [2.75, 3.05) is 4.90 Å². The van der Waals surface area contributed by atoms with E-state index in [1.54, 1.807) is 24.3 Å². The molecule has 0 fully saturated rings. The number of rotatable bonds is 4. The minimum Gasteiger partial charge on any atom is -0.434 e. The lowest BCUT2D eigenvalue weighted by Gasteiger charge is -2.17. The van der Waals surface area contributed by atoms with E-state index in [2.05, 4.69) is 5.10 Å². The number of fused-ring (bicyclic) bond motifs is 1. The Hall–Kier alpha value is -3.16. The molecule has 0 spiro atoms. The van der Waals surface area contributed by atoms with Crippen LogP contribution in [-0.2, 0) is 7.05 Å². The molecule has 158 valence electrons. The van der Waals surface area contributed by atoms with Crippen molar-refractivity contribution in [3.63, 3.8) is 0 Å². The maximum atomic E-state index is 12.7. The summed E-state index contributed by atoms with van der Waals surface area (Å²) in [7, 11) is 1.52. The fourth-order valence-corrected chi connectivity index (χ4v) is 3.92. The summed E-state index contributed by atoms with van der Waals surface area (Å²) in [5, 5.41) is 4.26. The van der Waals surface area contributed by atoms with Crippen LogP contribution in [0.5, 0.6) is 11.6 Å². The van der Waals surface area contributed by atoms with Crippen LogP contribution in [0.2, 0.25) is 10.0 Å². The van der Waals surface area contributed by atoms with E-state index in [1.165, 1.54) is 29.9 Å². The molecule has 2 heterocycles. The molecule has 7 nitrogen and oxygen atoms in total. The number of imide groups is 1. The molecule has 1 aliphatic rings. The fraction of sp³-hybridized carbons (Fsp3) is 0.182. The second-order valence-corrected chi connectivity index (χ2v) is 8.17. The van der Waals surface area contributed by atoms with Crippen LogP contribution in [0.4, 0.5) is 5.69 Å². The number of benzene rings is 2. The van der Waals surface area contributed by atoms with Crippen LogP contribution >= 0.6 is 23.2 Å². The summed E-state index contributed by atoms with van der Waals surface area (Å²) in [5.41, 5.74) is 1.17. The predicted molar refractivity (Wildman–Crippen MR) is 118 cm³/mol. The standard InChI is InChI=1S/C22H17Cl2N3O4/c1-11(2)15-10-18(25-26(3)20(15)28)31-19-16(23)8-12(9-17(19)24)27-21(29)13-6-4-5-7-14(13)22(27)30/h4-11H,1-3H3. The van der Waals surface area contributed by atoms with Gasteiger partial charge in [-0.1, -0.05) is 49.2 Å². The van der Waals surface area contributed by atoms with E-state index in [1.807, 2.05) is 13.8 Å². The molecule has 4 rings (SSSR count). The van der Waals surface area contributed by atoms with E-state index in [0.717, 1.165) is 4.90 Å². The third-order valence-electron chi connectivity index (χ3n) is 4.93. The highest BCUT2D eigenvalue weighted by atomic mass is 35.5. The van der Waals surface area contributed by atoms with Crippen molar-refractivity contribution >= 4 is 40.7 Å². The van der Waals surface area contributed by atoms with Gasteiger partial charge in [-0.3, -0.25) is 14.4 Å². The van der Waals surface area contributed by atoms with Crippen LogP contribution < -0.4 is 15.2 Å². The van der Waals surface area contributed by atoms with Crippen LogP contribution in [0.15, 0.2) is 47.3 Å². The summed E-state index contributed by atoms with van der Waals surface area (Å²) in [4.78, 5) is 38.7. The Kier molecular flexibility index (Phi) is 5.33. The van der Waals surface area contributed by atoms with Gasteiger partial charge in [0.2, 0.25) is 5.88 Å². The van der Waals surface area contributed by atoms with Crippen molar-refractivity contribution in [1.82, 2.24) is 9.78 Å². The highest BCUT2D eigenvalue weighted by Crippen LogP contribution is 2.41. The van der Waals surface area contributed by atoms with Crippen molar-refractivity contribution in [3.05, 3.63) is 79.6 Å². The summed E-state index contributed by atoms with van der Waals surface area (Å²) >= 11 is 12.8. The highest BCUT2D eigenvalue weighted by molar-refractivity contribution is 6.39. The Labute approximate surface area is 187 Å². The van der Waals surface area contributed by atoms with Crippen molar-refractivity contribution in [2.24, 2.45) is 7.05 Å². The zero-order valence-electron chi connectivity index (χ0n) is 16.8. The van der Waals surface area contributed by atoms with Gasteiger partial charge in [0.05, 0.1) is 26.9 Å². The number of ether oxygens (including phenoxy) is 1. The molecular weight excluding hydrogens is 441 g/mol. The zero-order valence-corrected chi connectivity index (χ0v) is 18.4. The number of carbonyl (C=O) groups is 2. The van der Waals surface area contributed by atoms with Crippen molar-refractivity contribution < 1.29 is 14.3 Å². The van der Waals surface area contributed by atoms with Gasteiger partial charge in [-0.2, -0.15) is 0 Å². The number of carbonyl (C=O) groups excluding carboxylic acids is 2. The third kappa shape index (κ3) is 3.60. The van der Waals surface area contributed by atoms with E-state index < -0.39 is 11.8 Å². The van der Waals surface area contributed by atoms with Gasteiger partial charge in [0.1, 0.15) is 0 Å². The van der Waals surface area contributed by atoms with Gasteiger partial charge in [0, 0.05) is 18.7 Å². The number of aryl methyl sites for hydroxylation is 1. The van der Waals surface area contributed by atoms with Gasteiger partial charge in [0.15, 0.2) is 5.75 Å². The first kappa shape index (κ1) is 21.1. The van der Waals surface area contributed by atoms with E-state index in [4.69, 9.17) is 27.9 Å². The Morgan fingerprint density at radius 2 is 1.48 bits per heavy atom. The van der Waals surface area contributed by atoms with Gasteiger partial charge < -0.3 is 4.74 Å². The molecule has 2 amide bonds. The minimum absolute atomic E-state index is 0.0359. The van der Waals surface area contributed by atoms with Crippen molar-refractivity contribution in [2.45, 2.75) is 19.8 Å². The van der Waals surface area contributed by atoms with Gasteiger partial charge in [-0.05, 0) is 30.2 Å². The molecule has 1 aliphatic heterocycles. The second kappa shape index (κ2) is 7.83. The largest absolute Gasteiger partial charge is 0.434 e. The first-order chi connectivity index (χ1) is 14.7. The van der Waals surface area contributed by atoms with Gasteiger partial charge in [-0.25, -0.2) is 9.58 Å². The van der Waals surface area contributed by atoms with E-state index in [0.29, 0.717) is 16.7 Å². The van der Waals surface area contributed by atoms with E-state index >= 15 is 0 Å². The van der Waals surface area contributed by atoms with Crippen LogP contribution in [0.3, 0.4) is 0 Å². The maximum absolute atomic E-state index is 12.7. The quantitative estimate of drug-likeness (QED) is 0.525. The summed E-state index contributed by atoms with van der Waals surface area (Å²) in [6.07, 6.45) is 0. The Bertz CT molecular complexity index is 1240. The zero-order chi connectivity index (χ0) is 22.4. The lowest BCUT2D eigenvalue weighted by molar-refractivity contribution is 0.0926. The second-order valence-electron chi connectivity index (χ2n) is 7.35. The van der Waals surface area contributed by atoms with Crippen molar-refractivity contribution in [1.29, 1.82) is 0 Å². The number of hydrogen-bond donors (Lipinski definition) is 0. The molecule has 9 heteroatoms. The minimum atomic E-state index is -0.456. The molecule has 2 aromatic carbocycles. The molecule has 0 aliphatic carbocycles. The molecule has 0 N–H and O–H groups in total. The molecule has 0 radical (unpaired) electrons. The molecule has 0 saturated carbocycles. The molecular formula is C22H17Cl2N3O4. The summed E-state index contributed by atoms with van der Waals surface area (Å²) in [6.45, 7) is 3.77. The predicted octanol–water partition coefficient (Wildman–Crippen LogP) is 4.80. The Balaban J connectivity index is 1.71. The molecule has 1 aromatic heterocycles. The number of halogens is 2. The number of aromatic nitrogens is 2. The van der Waals surface area contributed by atoms with Crippen LogP contribution in [0.1, 0.15) is 46.0 Å². The lowest BCUT2D eigenvalue weighted by atomic mass is 10.1. The fourth-order valence-electron chi connectivity index (χ4n) is 3.37. The number of hydrogen-bond acceptors (Lipinski definition) is 5. The maximum Gasteiger partial charge on any atom is 0.270 e. The van der Waals surface area contributed by atoms with Gasteiger partial charge >= 0.3 is 0 Å². The average molecular weight is 458 g/mol. The van der Waals surface area contributed by atoms with Crippen LogP contribution in [-0.4, -0.2) is 21.6 Å². The van der Waals surface area contributed by atoms with E-state index in [9.17, 15) is 14.4 Å². The molecule has 0 atom stereocenters. The first-order valence-corrected chi connectivity index (χ1v) is 10.2.